The number of nitrogens with zero attached hydrogens (tertiary/aromatic N) is 1. The molecule has 0 spiro atoms. The quantitative estimate of drug-likeness (QED) is 0.556. The van der Waals surface area contributed by atoms with Crippen molar-refractivity contribution in [1.82, 2.24) is 4.90 Å². The van der Waals surface area contributed by atoms with Crippen molar-refractivity contribution in [2.24, 2.45) is 11.8 Å². The molecule has 0 radical (unpaired) electrons. The zero-order chi connectivity index (χ0) is 23.2. The second-order valence-corrected chi connectivity index (χ2v) is 10.4. The van der Waals surface area contributed by atoms with E-state index in [1.54, 1.807) is 24.3 Å². The van der Waals surface area contributed by atoms with Crippen LogP contribution in [0.1, 0.15) is 96.7 Å². The molecule has 4 heteroatoms. The first-order valence-corrected chi connectivity index (χ1v) is 11.9. The van der Waals surface area contributed by atoms with Crippen LogP contribution >= 0.6 is 0 Å². The molecule has 1 N–H and O–H groups in total. The maximum atomic E-state index is 11.3. The van der Waals surface area contributed by atoms with Gasteiger partial charge in [-0.15, -0.1) is 0 Å². The van der Waals surface area contributed by atoms with Gasteiger partial charge in [0.1, 0.15) is 5.75 Å². The zero-order valence-electron chi connectivity index (χ0n) is 19.9. The summed E-state index contributed by atoms with van der Waals surface area (Å²) in [7, 11) is 1.49. The zero-order valence-corrected chi connectivity index (χ0v) is 19.9. The Bertz CT molecular complexity index is 1020. The number of aromatic hydroxyl groups is 1. The van der Waals surface area contributed by atoms with Gasteiger partial charge in [-0.1, -0.05) is 58.7 Å². The molecule has 1 aliphatic heterocycles. The van der Waals surface area contributed by atoms with Crippen LogP contribution in [0.4, 0.5) is 0 Å². The molecule has 32 heavy (non-hydrogen) atoms. The number of carbonyl (C=O) groups is 2. The normalized spacial score (nSPS) is 26.2. The molecule has 2 aliphatic carbocycles. The molecule has 1 saturated carbocycles. The van der Waals surface area contributed by atoms with Crippen molar-refractivity contribution >= 4 is 11.8 Å². The average Bonchev–Trinajstić information content (AvgIpc) is 2.98. The van der Waals surface area contributed by atoms with Gasteiger partial charge in [0.05, 0.1) is 11.1 Å². The molecule has 0 saturated heterocycles. The van der Waals surface area contributed by atoms with Crippen molar-refractivity contribution in [2.45, 2.75) is 71.1 Å². The monoisotopic (exact) mass is 433 g/mol. The molecule has 1 unspecified atom stereocenters. The second-order valence-electron chi connectivity index (χ2n) is 10.4. The lowest BCUT2D eigenvalue weighted by Crippen LogP contribution is -2.43. The lowest BCUT2D eigenvalue weighted by atomic mass is 9.55. The van der Waals surface area contributed by atoms with E-state index in [1.165, 1.54) is 50.3 Å². The number of hydrogen-bond acceptors (Lipinski definition) is 3. The Hall–Kier alpha value is -2.62. The number of fused-ring (bicyclic) bond motifs is 4. The van der Waals surface area contributed by atoms with Crippen LogP contribution in [0.25, 0.3) is 0 Å². The Morgan fingerprint density at radius 2 is 1.69 bits per heavy atom. The first-order chi connectivity index (χ1) is 15.1. The Morgan fingerprint density at radius 1 is 1.06 bits per heavy atom. The number of imide groups is 1. The van der Waals surface area contributed by atoms with Crippen molar-refractivity contribution in [1.29, 1.82) is 0 Å². The number of aryl methyl sites for hydroxylation is 1. The van der Waals surface area contributed by atoms with Gasteiger partial charge in [-0.05, 0) is 77.3 Å². The van der Waals surface area contributed by atoms with Gasteiger partial charge in [-0.3, -0.25) is 14.5 Å². The molecule has 5 rings (SSSR count). The van der Waals surface area contributed by atoms with E-state index >= 15 is 0 Å². The summed E-state index contributed by atoms with van der Waals surface area (Å²) in [6.45, 7) is 9.20. The van der Waals surface area contributed by atoms with E-state index < -0.39 is 0 Å². The minimum atomic E-state index is -0.212. The minimum Gasteiger partial charge on any atom is -0.508 e. The van der Waals surface area contributed by atoms with E-state index in [4.69, 9.17) is 0 Å². The highest BCUT2D eigenvalue weighted by Gasteiger charge is 2.45. The molecule has 2 amide bonds. The van der Waals surface area contributed by atoms with E-state index in [2.05, 4.69) is 39.8 Å². The van der Waals surface area contributed by atoms with E-state index in [9.17, 15) is 14.7 Å². The summed E-state index contributed by atoms with van der Waals surface area (Å²) in [6, 6.07) is 11.2. The van der Waals surface area contributed by atoms with Crippen molar-refractivity contribution in [3.8, 4) is 5.75 Å². The van der Waals surface area contributed by atoms with Crippen LogP contribution in [0.15, 0.2) is 36.4 Å². The van der Waals surface area contributed by atoms with Crippen molar-refractivity contribution in [3.63, 3.8) is 0 Å². The predicted molar refractivity (Wildman–Crippen MR) is 127 cm³/mol. The molecule has 1 heterocycles. The molecule has 2 aromatic carbocycles. The van der Waals surface area contributed by atoms with Crippen molar-refractivity contribution < 1.29 is 14.7 Å². The van der Waals surface area contributed by atoms with Crippen LogP contribution in [0.2, 0.25) is 0 Å². The van der Waals surface area contributed by atoms with Crippen LogP contribution in [-0.4, -0.2) is 28.9 Å². The summed E-state index contributed by atoms with van der Waals surface area (Å²) < 4.78 is 0. The van der Waals surface area contributed by atoms with Crippen LogP contribution in [0.3, 0.4) is 0 Å². The van der Waals surface area contributed by atoms with E-state index in [1.807, 2.05) is 0 Å². The van der Waals surface area contributed by atoms with Gasteiger partial charge in [0.25, 0.3) is 11.8 Å². The van der Waals surface area contributed by atoms with Crippen LogP contribution in [-0.2, 0) is 11.8 Å². The van der Waals surface area contributed by atoms with Gasteiger partial charge in [-0.25, -0.2) is 0 Å². The Balaban J connectivity index is 0.000000174. The molecule has 2 aromatic rings. The summed E-state index contributed by atoms with van der Waals surface area (Å²) in [6.07, 6.45) is 6.52. The van der Waals surface area contributed by atoms with Crippen LogP contribution in [0.5, 0.6) is 5.75 Å². The number of rotatable bonds is 1. The molecular formula is C28H35NO3. The second kappa shape index (κ2) is 8.38. The number of carbonyl (C=O) groups excluding carboxylic acids is 2. The third-order valence-electron chi connectivity index (χ3n) is 8.07. The van der Waals surface area contributed by atoms with Gasteiger partial charge in [0.2, 0.25) is 0 Å². The minimum absolute atomic E-state index is 0.212. The molecule has 1 fully saturated rings. The summed E-state index contributed by atoms with van der Waals surface area (Å²) >= 11 is 0. The van der Waals surface area contributed by atoms with Gasteiger partial charge >= 0.3 is 0 Å². The SMILES string of the molecule is CC(C)c1cc2c(cc1O)[C@@]1(C)CCC[C@H](C)C1CC2.CN1C(=O)c2ccccc2C1=O. The molecule has 0 bridgehead atoms. The Labute approximate surface area is 191 Å². The number of phenolic OH excluding ortho intramolecular Hbond substituents is 1. The number of hydrogen-bond donors (Lipinski definition) is 1. The maximum absolute atomic E-state index is 11.3. The Morgan fingerprint density at radius 3 is 2.28 bits per heavy atom. The smallest absolute Gasteiger partial charge is 0.261 e. The molecule has 170 valence electrons. The van der Waals surface area contributed by atoms with E-state index in [-0.39, 0.29) is 17.2 Å². The molecule has 3 atom stereocenters. The third kappa shape index (κ3) is 3.64. The van der Waals surface area contributed by atoms with E-state index in [0.29, 0.717) is 22.8 Å². The number of benzene rings is 2. The van der Waals surface area contributed by atoms with Gasteiger partial charge in [0.15, 0.2) is 0 Å². The summed E-state index contributed by atoms with van der Waals surface area (Å²) in [5.74, 6) is 2.11. The van der Waals surface area contributed by atoms with Gasteiger partial charge in [-0.2, -0.15) is 0 Å². The van der Waals surface area contributed by atoms with Crippen LogP contribution < -0.4 is 0 Å². The topological polar surface area (TPSA) is 57.6 Å². The lowest BCUT2D eigenvalue weighted by Gasteiger charge is -2.49. The number of phenols is 1. The van der Waals surface area contributed by atoms with E-state index in [0.717, 1.165) is 22.3 Å². The maximum Gasteiger partial charge on any atom is 0.261 e. The standard InChI is InChI=1S/C19H28O.C9H7NO2/c1-12(2)15-10-14-7-8-16-13(3)6-5-9-19(16,4)17(14)11-18(15)20;1-10-8(11)6-4-2-3-5-7(6)9(10)12/h10-13,16,20H,5-9H2,1-4H3;2-5H,1H3/t13-,16?,19-;/m0./s1. The fourth-order valence-corrected chi connectivity index (χ4v) is 6.22. The predicted octanol–water partition coefficient (Wildman–Crippen LogP) is 6.07. The highest BCUT2D eigenvalue weighted by atomic mass is 16.3. The average molecular weight is 434 g/mol. The van der Waals surface area contributed by atoms with Crippen molar-refractivity contribution in [3.05, 3.63) is 64.2 Å². The highest BCUT2D eigenvalue weighted by Crippen LogP contribution is 2.53. The Kier molecular flexibility index (Phi) is 5.91. The fourth-order valence-electron chi connectivity index (χ4n) is 6.22. The first kappa shape index (κ1) is 22.6. The van der Waals surface area contributed by atoms with Crippen LogP contribution in [0, 0.1) is 11.8 Å². The van der Waals surface area contributed by atoms with Gasteiger partial charge < -0.3 is 5.11 Å². The lowest BCUT2D eigenvalue weighted by molar-refractivity contribution is 0.0693. The summed E-state index contributed by atoms with van der Waals surface area (Å²) in [5.41, 5.74) is 5.37. The largest absolute Gasteiger partial charge is 0.508 e. The third-order valence-corrected chi connectivity index (χ3v) is 8.07. The summed E-state index contributed by atoms with van der Waals surface area (Å²) in [5, 5.41) is 10.4. The molecular weight excluding hydrogens is 398 g/mol. The summed E-state index contributed by atoms with van der Waals surface area (Å²) in [4.78, 5) is 23.8. The molecule has 4 nitrogen and oxygen atoms in total. The molecule has 3 aliphatic rings. The van der Waals surface area contributed by atoms with Crippen molar-refractivity contribution in [2.75, 3.05) is 7.05 Å². The molecule has 0 aromatic heterocycles. The fraction of sp³-hybridized carbons (Fsp3) is 0.500. The number of amides is 2. The highest BCUT2D eigenvalue weighted by molar-refractivity contribution is 6.21. The van der Waals surface area contributed by atoms with Gasteiger partial charge in [0, 0.05) is 7.05 Å². The first-order valence-electron chi connectivity index (χ1n) is 11.9.